The Morgan fingerprint density at radius 1 is 1.50 bits per heavy atom. The highest BCUT2D eigenvalue weighted by Crippen LogP contribution is 2.01. The number of rotatable bonds is 1. The summed E-state index contributed by atoms with van der Waals surface area (Å²) in [5.74, 6) is 0. The molecule has 0 aliphatic heterocycles. The summed E-state index contributed by atoms with van der Waals surface area (Å²) in [7, 11) is 1.68. The van der Waals surface area contributed by atoms with Crippen molar-refractivity contribution in [1.82, 2.24) is 0 Å². The largest absolute Gasteiger partial charge is 0.437 e. The SMILES string of the molecule is B.COB(I)I. The second-order valence-electron chi connectivity index (χ2n) is 0.496. The second kappa shape index (κ2) is 6.55. The van der Waals surface area contributed by atoms with Crippen molar-refractivity contribution in [2.45, 2.75) is 0 Å². The van der Waals surface area contributed by atoms with Crippen LogP contribution in [0.1, 0.15) is 0 Å². The second-order valence-corrected chi connectivity index (χ2v) is 5.14. The molecule has 36 valence electrons. The smallest absolute Gasteiger partial charge is 0.421 e. The third-order valence-electron chi connectivity index (χ3n) is 0.178. The van der Waals surface area contributed by atoms with Gasteiger partial charge in [0.25, 0.3) is 0 Å². The summed E-state index contributed by atoms with van der Waals surface area (Å²) in [4.78, 5) is 0. The zero-order chi connectivity index (χ0) is 4.28. The van der Waals surface area contributed by atoms with E-state index in [1.165, 1.54) is 0 Å². The van der Waals surface area contributed by atoms with E-state index in [1.54, 1.807) is 7.11 Å². The van der Waals surface area contributed by atoms with Crippen LogP contribution in [0.5, 0.6) is 0 Å². The first-order valence-corrected chi connectivity index (χ1v) is 3.57. The molecule has 0 aliphatic carbocycles. The average molecular weight is 309 g/mol. The molecule has 0 spiro atoms. The maximum Gasteiger partial charge on any atom is 0.437 e. The average Bonchev–Trinajstić information content (AvgIpc) is 1.38. The third-order valence-corrected chi connectivity index (χ3v) is 1.20. The molecule has 0 atom stereocenters. The van der Waals surface area contributed by atoms with Crippen molar-refractivity contribution in [2.24, 2.45) is 0 Å². The normalized spacial score (nSPS) is 6.50. The molecular weight excluding hydrogens is 303 g/mol. The summed E-state index contributed by atoms with van der Waals surface area (Å²) in [6, 6.07) is 0. The number of halogens is 2. The van der Waals surface area contributed by atoms with E-state index >= 15 is 0 Å². The molecule has 6 heavy (non-hydrogen) atoms. The van der Waals surface area contributed by atoms with Gasteiger partial charge in [-0.1, -0.05) is 44.7 Å². The van der Waals surface area contributed by atoms with Crippen LogP contribution in [0, 0.1) is 0 Å². The van der Waals surface area contributed by atoms with Crippen LogP contribution in [0.2, 0.25) is 0 Å². The molecule has 0 N–H and O–H groups in total. The molecule has 0 fully saturated rings. The Bertz CT molecular complexity index is 25.5. The van der Waals surface area contributed by atoms with E-state index < -0.39 is 0 Å². The van der Waals surface area contributed by atoms with E-state index in [1.807, 2.05) is 0 Å². The van der Waals surface area contributed by atoms with Crippen molar-refractivity contribution in [3.8, 4) is 0 Å². The van der Waals surface area contributed by atoms with Gasteiger partial charge in [-0.3, -0.25) is 0 Å². The summed E-state index contributed by atoms with van der Waals surface area (Å²) >= 11 is 4.34. The maximum atomic E-state index is 4.72. The minimum atomic E-state index is 0. The van der Waals surface area contributed by atoms with Crippen molar-refractivity contribution >= 4 is 55.8 Å². The van der Waals surface area contributed by atoms with Crippen molar-refractivity contribution in [3.63, 3.8) is 0 Å². The van der Waals surface area contributed by atoms with Gasteiger partial charge >= 0.3 is 2.63 Å². The Morgan fingerprint density at radius 3 is 1.67 bits per heavy atom. The third kappa shape index (κ3) is 9.12. The zero-order valence-corrected chi connectivity index (χ0v) is 7.06. The summed E-state index contributed by atoms with van der Waals surface area (Å²) < 4.78 is 5.05. The first-order valence-electron chi connectivity index (χ1n) is 1.08. The molecule has 1 nitrogen and oxygen atoms in total. The lowest BCUT2D eigenvalue weighted by atomic mass is 10.6. The minimum absolute atomic E-state index is 0. The van der Waals surface area contributed by atoms with E-state index in [4.69, 9.17) is 4.65 Å². The molecule has 0 heterocycles. The fourth-order valence-corrected chi connectivity index (χ4v) is 0. The first-order chi connectivity index (χ1) is 2.27. The van der Waals surface area contributed by atoms with Crippen LogP contribution < -0.4 is 0 Å². The van der Waals surface area contributed by atoms with Crippen LogP contribution in [0.25, 0.3) is 0 Å². The summed E-state index contributed by atoms with van der Waals surface area (Å²) in [5.41, 5.74) is 0. The van der Waals surface area contributed by atoms with Gasteiger partial charge in [0.1, 0.15) is 0 Å². The molecule has 0 aromatic carbocycles. The molecule has 0 amide bonds. The number of hydrogen-bond donors (Lipinski definition) is 0. The Hall–Kier alpha value is 1.55. The van der Waals surface area contributed by atoms with Crippen molar-refractivity contribution in [1.29, 1.82) is 0 Å². The topological polar surface area (TPSA) is 9.23 Å². The fraction of sp³-hybridized carbons (Fsp3) is 1.00. The Morgan fingerprint density at radius 2 is 1.67 bits per heavy atom. The molecule has 0 aliphatic rings. The molecule has 0 aromatic rings. The van der Waals surface area contributed by atoms with Crippen LogP contribution >= 0.6 is 44.7 Å². The quantitative estimate of drug-likeness (QED) is 0.500. The van der Waals surface area contributed by atoms with Gasteiger partial charge in [-0.25, -0.2) is 0 Å². The predicted molar refractivity (Wildman–Crippen MR) is 50.7 cm³/mol. The summed E-state index contributed by atoms with van der Waals surface area (Å²) in [6.07, 6.45) is 0. The van der Waals surface area contributed by atoms with Gasteiger partial charge in [0.05, 0.1) is 8.41 Å². The van der Waals surface area contributed by atoms with Gasteiger partial charge in [-0.2, -0.15) is 0 Å². The van der Waals surface area contributed by atoms with Gasteiger partial charge < -0.3 is 4.65 Å². The standard InChI is InChI=1S/CH3BI2O.BH3/c1-5-2(3)4;/h1H3;1H3. The lowest BCUT2D eigenvalue weighted by Crippen LogP contribution is -1.90. The van der Waals surface area contributed by atoms with Crippen LogP contribution in [0.3, 0.4) is 0 Å². The van der Waals surface area contributed by atoms with Crippen LogP contribution in [0.4, 0.5) is 0 Å². The monoisotopic (exact) mass is 310 g/mol. The van der Waals surface area contributed by atoms with E-state index in [2.05, 4.69) is 44.7 Å². The van der Waals surface area contributed by atoms with Gasteiger partial charge in [0, 0.05) is 7.11 Å². The highest BCUT2D eigenvalue weighted by molar-refractivity contribution is 14.3. The zero-order valence-electron chi connectivity index (χ0n) is 2.74. The highest BCUT2D eigenvalue weighted by Gasteiger charge is 1.95. The van der Waals surface area contributed by atoms with E-state index in [0.29, 0.717) is 2.63 Å². The van der Waals surface area contributed by atoms with Crippen LogP contribution in [0.15, 0.2) is 0 Å². The van der Waals surface area contributed by atoms with E-state index in [0.717, 1.165) is 0 Å². The van der Waals surface area contributed by atoms with Crippen molar-refractivity contribution < 1.29 is 4.65 Å². The van der Waals surface area contributed by atoms with Gasteiger partial charge in [0.15, 0.2) is 0 Å². The predicted octanol–water partition coefficient (Wildman–Crippen LogP) is 0.304. The molecule has 0 saturated carbocycles. The maximum absolute atomic E-state index is 4.72. The molecule has 0 radical (unpaired) electrons. The summed E-state index contributed by atoms with van der Waals surface area (Å²) in [5, 5.41) is 0. The number of hydrogen-bond acceptors (Lipinski definition) is 1. The Balaban J connectivity index is 0. The van der Waals surface area contributed by atoms with E-state index in [9.17, 15) is 0 Å². The fourth-order valence-electron chi connectivity index (χ4n) is 0. The van der Waals surface area contributed by atoms with Crippen molar-refractivity contribution in [2.75, 3.05) is 7.11 Å². The minimum Gasteiger partial charge on any atom is -0.421 e. The van der Waals surface area contributed by atoms with E-state index in [-0.39, 0.29) is 8.41 Å². The lowest BCUT2D eigenvalue weighted by Gasteiger charge is -1.84. The molecule has 0 aromatic heterocycles. The molecular formula is CH6B2I2O. The van der Waals surface area contributed by atoms with Crippen LogP contribution in [-0.2, 0) is 4.65 Å². The van der Waals surface area contributed by atoms with Crippen LogP contribution in [-0.4, -0.2) is 18.2 Å². The molecule has 0 unspecified atom stereocenters. The molecule has 0 saturated heterocycles. The van der Waals surface area contributed by atoms with Gasteiger partial charge in [0.2, 0.25) is 0 Å². The molecule has 0 bridgehead atoms. The first kappa shape index (κ1) is 10.5. The Labute approximate surface area is 67.0 Å². The summed E-state index contributed by atoms with van der Waals surface area (Å²) in [6.45, 7) is 0. The van der Waals surface area contributed by atoms with Gasteiger partial charge in [-0.15, -0.1) is 0 Å². The molecule has 0 rings (SSSR count). The highest BCUT2D eigenvalue weighted by atomic mass is 127. The van der Waals surface area contributed by atoms with Gasteiger partial charge in [-0.05, 0) is 0 Å². The van der Waals surface area contributed by atoms with Crippen molar-refractivity contribution in [3.05, 3.63) is 0 Å². The Kier molecular flexibility index (Phi) is 11.5. The molecule has 5 heteroatoms. The lowest BCUT2D eigenvalue weighted by molar-refractivity contribution is 0.456.